The lowest BCUT2D eigenvalue weighted by molar-refractivity contribution is -0.137. The third kappa shape index (κ3) is 4.51. The Kier molecular flexibility index (Phi) is 5.84. The number of aromatic nitrogens is 3. The Hall–Kier alpha value is -4.26. The summed E-state index contributed by atoms with van der Waals surface area (Å²) in [5.74, 6) is -0.696. The molecule has 0 fully saturated rings. The van der Waals surface area contributed by atoms with Gasteiger partial charge in [0.25, 0.3) is 5.91 Å². The van der Waals surface area contributed by atoms with Crippen molar-refractivity contribution in [2.24, 2.45) is 0 Å². The van der Waals surface area contributed by atoms with Gasteiger partial charge in [-0.1, -0.05) is 42.5 Å². The molecule has 0 spiro atoms. The lowest BCUT2D eigenvalue weighted by Crippen LogP contribution is -2.12. The minimum absolute atomic E-state index is 0.303. The molecule has 7 nitrogen and oxygen atoms in total. The van der Waals surface area contributed by atoms with Crippen LogP contribution in [0, 0.1) is 0 Å². The molecule has 0 unspecified atom stereocenters. The number of rotatable bonds is 6. The topological polar surface area (TPSA) is 85.6 Å². The average molecular weight is 412 g/mol. The second-order valence-electron chi connectivity index (χ2n) is 6.65. The fraction of sp³-hybridized carbons (Fsp3) is 0.0833. The van der Waals surface area contributed by atoms with Crippen molar-refractivity contribution in [2.45, 2.75) is 6.92 Å². The third-order valence-electron chi connectivity index (χ3n) is 4.58. The second kappa shape index (κ2) is 9.04. The summed E-state index contributed by atoms with van der Waals surface area (Å²) < 4.78 is 6.52. The highest BCUT2D eigenvalue weighted by molar-refractivity contribution is 6.08. The Morgan fingerprint density at radius 2 is 1.84 bits per heavy atom. The summed E-state index contributed by atoms with van der Waals surface area (Å²) >= 11 is 0. The molecule has 7 heteroatoms. The number of carbonyl (C=O) groups is 2. The summed E-state index contributed by atoms with van der Waals surface area (Å²) in [6.45, 7) is 2.09. The summed E-state index contributed by atoms with van der Waals surface area (Å²) in [6.07, 6.45) is 6.21. The van der Waals surface area contributed by atoms with Gasteiger partial charge in [-0.25, -0.2) is 14.3 Å². The van der Waals surface area contributed by atoms with Gasteiger partial charge >= 0.3 is 5.97 Å². The van der Waals surface area contributed by atoms with Crippen LogP contribution in [0.15, 0.2) is 79.1 Å². The van der Waals surface area contributed by atoms with E-state index < -0.39 is 5.97 Å². The largest absolute Gasteiger partial charge is 0.463 e. The maximum absolute atomic E-state index is 12.8. The molecule has 2 aromatic heterocycles. The summed E-state index contributed by atoms with van der Waals surface area (Å²) in [6, 6.07) is 18.8. The van der Waals surface area contributed by atoms with Crippen LogP contribution in [-0.4, -0.2) is 33.1 Å². The van der Waals surface area contributed by atoms with Crippen LogP contribution < -0.4 is 5.32 Å². The first-order chi connectivity index (χ1) is 15.2. The Labute approximate surface area is 179 Å². The first-order valence-electron chi connectivity index (χ1n) is 9.80. The highest BCUT2D eigenvalue weighted by Crippen LogP contribution is 2.21. The molecule has 2 aromatic carbocycles. The van der Waals surface area contributed by atoms with E-state index in [1.54, 1.807) is 48.0 Å². The third-order valence-corrected chi connectivity index (χ3v) is 4.58. The maximum Gasteiger partial charge on any atom is 0.330 e. The maximum atomic E-state index is 12.8. The molecule has 154 valence electrons. The van der Waals surface area contributed by atoms with Crippen molar-refractivity contribution in [3.63, 3.8) is 0 Å². The van der Waals surface area contributed by atoms with Gasteiger partial charge in [0.15, 0.2) is 5.65 Å². The second-order valence-corrected chi connectivity index (χ2v) is 6.65. The Morgan fingerprint density at radius 1 is 1.06 bits per heavy atom. The van der Waals surface area contributed by atoms with Crippen LogP contribution in [0.1, 0.15) is 22.8 Å². The molecule has 1 N–H and O–H groups in total. The van der Waals surface area contributed by atoms with E-state index in [2.05, 4.69) is 15.4 Å². The molecule has 4 aromatic rings. The number of hydrogen-bond donors (Lipinski definition) is 1. The number of ether oxygens (including phenoxy) is 1. The van der Waals surface area contributed by atoms with E-state index in [1.165, 1.54) is 12.3 Å². The molecule has 0 saturated carbocycles. The predicted molar refractivity (Wildman–Crippen MR) is 118 cm³/mol. The van der Waals surface area contributed by atoms with Crippen LogP contribution in [0.2, 0.25) is 0 Å². The van der Waals surface area contributed by atoms with Gasteiger partial charge in [-0.3, -0.25) is 4.79 Å². The van der Waals surface area contributed by atoms with Crippen molar-refractivity contribution < 1.29 is 14.3 Å². The van der Waals surface area contributed by atoms with E-state index in [1.807, 2.05) is 36.4 Å². The number of nitrogens with one attached hydrogen (secondary N) is 1. The van der Waals surface area contributed by atoms with Gasteiger partial charge in [0, 0.05) is 23.5 Å². The monoisotopic (exact) mass is 412 g/mol. The highest BCUT2D eigenvalue weighted by Gasteiger charge is 2.16. The fourth-order valence-corrected chi connectivity index (χ4v) is 3.11. The van der Waals surface area contributed by atoms with Crippen molar-refractivity contribution in [1.82, 2.24) is 14.6 Å². The Bertz CT molecular complexity index is 1250. The first kappa shape index (κ1) is 20.0. The molecule has 0 atom stereocenters. The molecule has 0 aliphatic heterocycles. The van der Waals surface area contributed by atoms with E-state index in [0.29, 0.717) is 23.5 Å². The van der Waals surface area contributed by atoms with E-state index >= 15 is 0 Å². The Balaban J connectivity index is 1.52. The van der Waals surface area contributed by atoms with Crippen LogP contribution in [-0.2, 0) is 9.53 Å². The van der Waals surface area contributed by atoms with Crippen molar-refractivity contribution in [3.8, 4) is 11.3 Å². The lowest BCUT2D eigenvalue weighted by atomic mass is 10.1. The molecule has 1 amide bonds. The van der Waals surface area contributed by atoms with Gasteiger partial charge in [-0.05, 0) is 36.8 Å². The molecule has 0 saturated heterocycles. The van der Waals surface area contributed by atoms with Crippen LogP contribution in [0.5, 0.6) is 0 Å². The van der Waals surface area contributed by atoms with E-state index in [9.17, 15) is 9.59 Å². The van der Waals surface area contributed by atoms with Gasteiger partial charge in [0.1, 0.15) is 5.56 Å². The van der Waals surface area contributed by atoms with Gasteiger partial charge < -0.3 is 10.1 Å². The summed E-state index contributed by atoms with van der Waals surface area (Å²) in [5.41, 5.74) is 4.13. The fourth-order valence-electron chi connectivity index (χ4n) is 3.11. The molecule has 31 heavy (non-hydrogen) atoms. The molecule has 0 radical (unpaired) electrons. The summed E-state index contributed by atoms with van der Waals surface area (Å²) in [4.78, 5) is 28.6. The van der Waals surface area contributed by atoms with E-state index in [4.69, 9.17) is 4.74 Å². The average Bonchev–Trinajstić information content (AvgIpc) is 3.24. The molecular formula is C24H20N4O3. The SMILES string of the molecule is CCOC(=O)/C=C/c1ccc(NC(=O)c2cnn3c(-c4ccccc4)ccnc23)cc1. The lowest BCUT2D eigenvalue weighted by Gasteiger charge is -2.06. The van der Waals surface area contributed by atoms with Gasteiger partial charge in [-0.2, -0.15) is 5.10 Å². The normalized spacial score (nSPS) is 11.0. The molecule has 2 heterocycles. The zero-order chi connectivity index (χ0) is 21.6. The molecular weight excluding hydrogens is 392 g/mol. The zero-order valence-electron chi connectivity index (χ0n) is 16.9. The quantitative estimate of drug-likeness (QED) is 0.378. The minimum Gasteiger partial charge on any atom is -0.463 e. The molecule has 4 rings (SSSR count). The van der Waals surface area contributed by atoms with E-state index in [-0.39, 0.29) is 5.91 Å². The summed E-state index contributed by atoms with van der Waals surface area (Å²) in [5, 5.41) is 7.23. The highest BCUT2D eigenvalue weighted by atomic mass is 16.5. The Morgan fingerprint density at radius 3 is 2.58 bits per heavy atom. The van der Waals surface area contributed by atoms with E-state index in [0.717, 1.165) is 16.8 Å². The van der Waals surface area contributed by atoms with Crippen molar-refractivity contribution in [3.05, 3.63) is 90.3 Å². The van der Waals surface area contributed by atoms with Crippen LogP contribution in [0.4, 0.5) is 5.69 Å². The number of fused-ring (bicyclic) bond motifs is 1. The number of hydrogen-bond acceptors (Lipinski definition) is 5. The van der Waals surface area contributed by atoms with Gasteiger partial charge in [-0.15, -0.1) is 0 Å². The number of anilines is 1. The smallest absolute Gasteiger partial charge is 0.330 e. The van der Waals surface area contributed by atoms with Crippen LogP contribution in [0.25, 0.3) is 23.0 Å². The van der Waals surface area contributed by atoms with Crippen LogP contribution in [0.3, 0.4) is 0 Å². The number of benzene rings is 2. The van der Waals surface area contributed by atoms with Crippen molar-refractivity contribution in [1.29, 1.82) is 0 Å². The number of amides is 1. The number of nitrogens with zero attached hydrogens (tertiary/aromatic N) is 3. The zero-order valence-corrected chi connectivity index (χ0v) is 16.9. The minimum atomic E-state index is -0.393. The number of carbonyl (C=O) groups excluding carboxylic acids is 2. The summed E-state index contributed by atoms with van der Waals surface area (Å²) in [7, 11) is 0. The first-order valence-corrected chi connectivity index (χ1v) is 9.80. The van der Waals surface area contributed by atoms with Crippen molar-refractivity contribution >= 4 is 29.3 Å². The van der Waals surface area contributed by atoms with Crippen LogP contribution >= 0.6 is 0 Å². The molecule has 0 aliphatic rings. The number of esters is 1. The predicted octanol–water partition coefficient (Wildman–Crippen LogP) is 4.22. The van der Waals surface area contributed by atoms with Gasteiger partial charge in [0.2, 0.25) is 0 Å². The molecule has 0 bridgehead atoms. The molecule has 0 aliphatic carbocycles. The van der Waals surface area contributed by atoms with Gasteiger partial charge in [0.05, 0.1) is 18.5 Å². The van der Waals surface area contributed by atoms with Crippen molar-refractivity contribution in [2.75, 3.05) is 11.9 Å². The standard InChI is InChI=1S/C24H20N4O3/c1-2-31-22(29)13-10-17-8-11-19(12-9-17)27-24(30)20-16-26-28-21(14-15-25-23(20)28)18-6-4-3-5-7-18/h3-16H,2H2,1H3,(H,27,30)/b13-10+.